The maximum atomic E-state index is 13.7. The van der Waals surface area contributed by atoms with Crippen LogP contribution in [0.2, 0.25) is 0 Å². The molecule has 0 aliphatic rings. The fourth-order valence-corrected chi connectivity index (χ4v) is 2.65. The van der Waals surface area contributed by atoms with E-state index in [9.17, 15) is 19.1 Å². The average molecular weight is 369 g/mol. The number of para-hydroxylation sites is 1. The number of rotatable bonds is 5. The van der Waals surface area contributed by atoms with Crippen LogP contribution in [0.1, 0.15) is 17.3 Å². The van der Waals surface area contributed by atoms with Crippen molar-refractivity contribution < 1.29 is 23.8 Å². The van der Waals surface area contributed by atoms with Crippen molar-refractivity contribution in [2.75, 3.05) is 6.61 Å². The zero-order chi connectivity index (χ0) is 19.4. The van der Waals surface area contributed by atoms with Gasteiger partial charge in [-0.25, -0.2) is 4.39 Å². The summed E-state index contributed by atoms with van der Waals surface area (Å²) in [5.41, 5.74) is 0.311. The first kappa shape index (κ1) is 18.2. The molecule has 0 aliphatic heterocycles. The van der Waals surface area contributed by atoms with E-state index in [1.807, 2.05) is 0 Å². The molecule has 2 aromatic carbocycles. The van der Waals surface area contributed by atoms with Gasteiger partial charge in [0.05, 0.1) is 17.7 Å². The molecule has 0 saturated heterocycles. The first-order valence-electron chi connectivity index (χ1n) is 8.19. The Balaban J connectivity index is 1.99. The van der Waals surface area contributed by atoms with E-state index in [2.05, 4.69) is 10.2 Å². The molecule has 0 bridgehead atoms. The Kier molecular flexibility index (Phi) is 5.25. The molecule has 1 heterocycles. The van der Waals surface area contributed by atoms with Gasteiger partial charge in [0.25, 0.3) is 5.91 Å². The van der Waals surface area contributed by atoms with E-state index in [0.29, 0.717) is 10.9 Å². The van der Waals surface area contributed by atoms with Crippen molar-refractivity contribution in [3.8, 4) is 5.88 Å². The van der Waals surface area contributed by atoms with Crippen molar-refractivity contribution >= 4 is 28.5 Å². The summed E-state index contributed by atoms with van der Waals surface area (Å²) in [5.74, 6) is -2.46. The number of azo groups is 1. The van der Waals surface area contributed by atoms with Crippen LogP contribution in [0.25, 0.3) is 10.9 Å². The summed E-state index contributed by atoms with van der Waals surface area (Å²) in [7, 11) is 0. The minimum absolute atomic E-state index is 0.0135. The van der Waals surface area contributed by atoms with Crippen molar-refractivity contribution in [2.24, 2.45) is 10.2 Å². The van der Waals surface area contributed by atoms with Crippen LogP contribution >= 0.6 is 0 Å². The standard InChI is InChI=1S/C19H16FN3O4/c1-2-27-16(24)11-23-15-10-6-4-8-13(15)17(19(23)26)21-22-18(25)12-7-3-5-9-14(12)20/h3-10,26H,2,11H2,1H3. The van der Waals surface area contributed by atoms with Gasteiger partial charge in [-0.1, -0.05) is 30.3 Å². The molecule has 138 valence electrons. The molecule has 7 nitrogen and oxygen atoms in total. The van der Waals surface area contributed by atoms with Crippen LogP contribution in [0.3, 0.4) is 0 Å². The van der Waals surface area contributed by atoms with E-state index >= 15 is 0 Å². The molecule has 0 saturated carbocycles. The van der Waals surface area contributed by atoms with Gasteiger partial charge >= 0.3 is 5.97 Å². The SMILES string of the molecule is CCOC(=O)Cn1c(O)c(N=NC(=O)c2ccccc2F)c2ccccc21. The van der Waals surface area contributed by atoms with Gasteiger partial charge in [0.2, 0.25) is 5.88 Å². The van der Waals surface area contributed by atoms with E-state index < -0.39 is 17.7 Å². The van der Waals surface area contributed by atoms with Crippen molar-refractivity contribution in [3.63, 3.8) is 0 Å². The maximum absolute atomic E-state index is 13.7. The zero-order valence-electron chi connectivity index (χ0n) is 14.4. The minimum Gasteiger partial charge on any atom is -0.493 e. The summed E-state index contributed by atoms with van der Waals surface area (Å²) in [6.07, 6.45) is 0. The number of esters is 1. The predicted octanol–water partition coefficient (Wildman–Crippen LogP) is 3.97. The summed E-state index contributed by atoms with van der Waals surface area (Å²) in [5, 5.41) is 18.3. The van der Waals surface area contributed by atoms with Crippen LogP contribution < -0.4 is 0 Å². The van der Waals surface area contributed by atoms with E-state index in [-0.39, 0.29) is 30.3 Å². The predicted molar refractivity (Wildman–Crippen MR) is 95.5 cm³/mol. The quantitative estimate of drug-likeness (QED) is 0.544. The number of amides is 1. The van der Waals surface area contributed by atoms with Gasteiger partial charge in [-0.05, 0) is 25.1 Å². The van der Waals surface area contributed by atoms with Crippen molar-refractivity contribution in [1.82, 2.24) is 4.57 Å². The lowest BCUT2D eigenvalue weighted by atomic mass is 10.2. The lowest BCUT2D eigenvalue weighted by molar-refractivity contribution is -0.143. The molecule has 1 aromatic heterocycles. The number of carbonyl (C=O) groups is 2. The van der Waals surface area contributed by atoms with Gasteiger partial charge < -0.3 is 9.84 Å². The second kappa shape index (κ2) is 7.77. The lowest BCUT2D eigenvalue weighted by Crippen LogP contribution is -2.12. The molecule has 0 unspecified atom stereocenters. The lowest BCUT2D eigenvalue weighted by Gasteiger charge is -2.06. The molecular formula is C19H16FN3O4. The van der Waals surface area contributed by atoms with E-state index in [4.69, 9.17) is 4.74 Å². The highest BCUT2D eigenvalue weighted by Crippen LogP contribution is 2.38. The molecule has 1 amide bonds. The highest BCUT2D eigenvalue weighted by Gasteiger charge is 2.19. The molecule has 1 N–H and O–H groups in total. The zero-order valence-corrected chi connectivity index (χ0v) is 14.4. The molecular weight excluding hydrogens is 353 g/mol. The number of halogens is 1. The molecule has 27 heavy (non-hydrogen) atoms. The van der Waals surface area contributed by atoms with Crippen molar-refractivity contribution in [1.29, 1.82) is 0 Å². The topological polar surface area (TPSA) is 93.2 Å². The third-order valence-electron chi connectivity index (χ3n) is 3.86. The van der Waals surface area contributed by atoms with Gasteiger partial charge in [0.15, 0.2) is 5.69 Å². The largest absolute Gasteiger partial charge is 0.493 e. The summed E-state index contributed by atoms with van der Waals surface area (Å²) in [4.78, 5) is 23.9. The fraction of sp³-hybridized carbons (Fsp3) is 0.158. The van der Waals surface area contributed by atoms with Crippen molar-refractivity contribution in [2.45, 2.75) is 13.5 Å². The number of hydrogen-bond acceptors (Lipinski definition) is 5. The normalized spacial score (nSPS) is 11.2. The Morgan fingerprint density at radius 2 is 1.85 bits per heavy atom. The average Bonchev–Trinajstić information content (AvgIpc) is 2.92. The number of aromatic nitrogens is 1. The minimum atomic E-state index is -0.880. The third-order valence-corrected chi connectivity index (χ3v) is 3.86. The van der Waals surface area contributed by atoms with Crippen LogP contribution in [0, 0.1) is 5.82 Å². The number of ether oxygens (including phenoxy) is 1. The number of fused-ring (bicyclic) bond motifs is 1. The fourth-order valence-electron chi connectivity index (χ4n) is 2.65. The Morgan fingerprint density at radius 3 is 2.59 bits per heavy atom. The number of benzene rings is 2. The molecule has 8 heteroatoms. The highest BCUT2D eigenvalue weighted by atomic mass is 19.1. The van der Waals surface area contributed by atoms with Gasteiger partial charge in [-0.3, -0.25) is 14.2 Å². The van der Waals surface area contributed by atoms with Crippen LogP contribution in [0.15, 0.2) is 58.8 Å². The van der Waals surface area contributed by atoms with E-state index in [1.165, 1.54) is 22.8 Å². The Labute approximate surface area is 153 Å². The number of aromatic hydroxyl groups is 1. The molecule has 0 spiro atoms. The second-order valence-corrected chi connectivity index (χ2v) is 5.57. The number of hydrogen-bond donors (Lipinski definition) is 1. The number of carbonyl (C=O) groups excluding carboxylic acids is 2. The Hall–Kier alpha value is -3.55. The van der Waals surface area contributed by atoms with Gasteiger partial charge in [0.1, 0.15) is 12.4 Å². The maximum Gasteiger partial charge on any atom is 0.326 e. The monoisotopic (exact) mass is 369 g/mol. The second-order valence-electron chi connectivity index (χ2n) is 5.57. The molecule has 0 radical (unpaired) electrons. The van der Waals surface area contributed by atoms with Crippen LogP contribution in [-0.4, -0.2) is 28.2 Å². The first-order valence-corrected chi connectivity index (χ1v) is 8.19. The van der Waals surface area contributed by atoms with Crippen molar-refractivity contribution in [3.05, 3.63) is 59.9 Å². The summed E-state index contributed by atoms with van der Waals surface area (Å²) >= 11 is 0. The Morgan fingerprint density at radius 1 is 1.15 bits per heavy atom. The smallest absolute Gasteiger partial charge is 0.326 e. The first-order chi connectivity index (χ1) is 13.0. The van der Waals surface area contributed by atoms with Gasteiger partial charge in [-0.2, -0.15) is 0 Å². The summed E-state index contributed by atoms with van der Waals surface area (Å²) in [6, 6.07) is 12.2. The van der Waals surface area contributed by atoms with E-state index in [1.54, 1.807) is 31.2 Å². The van der Waals surface area contributed by atoms with Gasteiger partial charge in [0, 0.05) is 5.39 Å². The molecule has 0 atom stereocenters. The molecule has 3 aromatic rings. The third kappa shape index (κ3) is 3.69. The van der Waals surface area contributed by atoms with Crippen LogP contribution in [0.4, 0.5) is 10.1 Å². The highest BCUT2D eigenvalue weighted by molar-refractivity contribution is 5.98. The molecule has 0 fully saturated rings. The molecule has 0 aliphatic carbocycles. The van der Waals surface area contributed by atoms with Gasteiger partial charge in [-0.15, -0.1) is 10.2 Å². The number of nitrogens with zero attached hydrogens (tertiary/aromatic N) is 3. The summed E-state index contributed by atoms with van der Waals surface area (Å²) in [6.45, 7) is 1.67. The van der Waals surface area contributed by atoms with Crippen LogP contribution in [0.5, 0.6) is 5.88 Å². The van der Waals surface area contributed by atoms with Crippen LogP contribution in [-0.2, 0) is 16.1 Å². The van der Waals surface area contributed by atoms with E-state index in [0.717, 1.165) is 6.07 Å². The summed E-state index contributed by atoms with van der Waals surface area (Å²) < 4.78 is 19.9. The molecule has 3 rings (SSSR count). The Bertz CT molecular complexity index is 1040.